The van der Waals surface area contributed by atoms with Gasteiger partial charge in [0.2, 0.25) is 0 Å². The summed E-state index contributed by atoms with van der Waals surface area (Å²) in [4.78, 5) is 18.1. The Labute approximate surface area is 101 Å². The van der Waals surface area contributed by atoms with E-state index in [0.29, 0.717) is 13.1 Å². The van der Waals surface area contributed by atoms with Gasteiger partial charge >= 0.3 is 6.03 Å². The molecule has 1 aliphatic rings. The molecule has 2 heterocycles. The van der Waals surface area contributed by atoms with Gasteiger partial charge in [-0.15, -0.1) is 0 Å². The van der Waals surface area contributed by atoms with Crippen LogP contribution in [0.3, 0.4) is 0 Å². The van der Waals surface area contributed by atoms with Crippen LogP contribution in [0.4, 0.5) is 4.79 Å². The summed E-state index contributed by atoms with van der Waals surface area (Å²) in [7, 11) is 0. The first kappa shape index (κ1) is 11.9. The summed E-state index contributed by atoms with van der Waals surface area (Å²) in [5.41, 5.74) is 0.922. The number of carbonyl (C=O) groups excluding carboxylic acids is 1. The minimum atomic E-state index is -0.00958. The molecule has 5 heteroatoms. The number of rotatable bonds is 4. The van der Waals surface area contributed by atoms with Crippen LogP contribution in [0.5, 0.6) is 0 Å². The van der Waals surface area contributed by atoms with E-state index in [1.807, 2.05) is 30.0 Å². The first-order valence-electron chi connectivity index (χ1n) is 5.96. The van der Waals surface area contributed by atoms with Gasteiger partial charge in [0, 0.05) is 25.8 Å². The molecule has 2 N–H and O–H groups in total. The van der Waals surface area contributed by atoms with Crippen molar-refractivity contribution in [3.05, 3.63) is 30.1 Å². The van der Waals surface area contributed by atoms with Gasteiger partial charge in [-0.2, -0.15) is 0 Å². The van der Waals surface area contributed by atoms with Crippen LogP contribution in [0, 0.1) is 0 Å². The minimum Gasteiger partial charge on any atom is -0.338 e. The summed E-state index contributed by atoms with van der Waals surface area (Å²) in [5, 5.41) is 6.03. The molecule has 1 fully saturated rings. The molecule has 2 rings (SSSR count). The number of carbonyl (C=O) groups is 1. The molecule has 5 nitrogen and oxygen atoms in total. The maximum atomic E-state index is 11.9. The van der Waals surface area contributed by atoms with Crippen molar-refractivity contribution in [1.82, 2.24) is 20.5 Å². The fraction of sp³-hybridized carbons (Fsp3) is 0.500. The van der Waals surface area contributed by atoms with Gasteiger partial charge in [-0.05, 0) is 19.1 Å². The summed E-state index contributed by atoms with van der Waals surface area (Å²) in [6, 6.07) is 6.04. The van der Waals surface area contributed by atoms with Crippen LogP contribution in [0.25, 0.3) is 0 Å². The third kappa shape index (κ3) is 2.94. The van der Waals surface area contributed by atoms with Crippen LogP contribution in [-0.4, -0.2) is 41.6 Å². The molecule has 0 aromatic carbocycles. The topological polar surface area (TPSA) is 57.3 Å². The van der Waals surface area contributed by atoms with E-state index in [9.17, 15) is 4.79 Å². The number of aromatic nitrogens is 1. The summed E-state index contributed by atoms with van der Waals surface area (Å²) in [6.07, 6.45) is 1.75. The Bertz CT molecular complexity index is 364. The highest BCUT2D eigenvalue weighted by atomic mass is 16.2. The number of hydrogen-bond donors (Lipinski definition) is 2. The molecule has 1 saturated heterocycles. The number of pyridine rings is 1. The van der Waals surface area contributed by atoms with Crippen molar-refractivity contribution in [3.8, 4) is 0 Å². The lowest BCUT2D eigenvalue weighted by Gasteiger charge is -2.37. The van der Waals surface area contributed by atoms with Crippen molar-refractivity contribution in [1.29, 1.82) is 0 Å². The van der Waals surface area contributed by atoms with Crippen LogP contribution in [0.1, 0.15) is 12.6 Å². The van der Waals surface area contributed by atoms with Gasteiger partial charge < -0.3 is 15.5 Å². The van der Waals surface area contributed by atoms with Gasteiger partial charge in [0.05, 0.1) is 18.3 Å². The molecule has 0 atom stereocenters. The molecule has 1 aliphatic heterocycles. The minimum absolute atomic E-state index is 0.00958. The Balaban J connectivity index is 2.02. The molecule has 0 saturated carbocycles. The molecule has 0 bridgehead atoms. The normalized spacial score (nSPS) is 15.1. The SMILES string of the molecule is CCNC(=O)N(Cc1ccccn1)C1CNC1. The number of nitrogens with zero attached hydrogens (tertiary/aromatic N) is 2. The van der Waals surface area contributed by atoms with Crippen molar-refractivity contribution in [2.24, 2.45) is 0 Å². The van der Waals surface area contributed by atoms with E-state index in [0.717, 1.165) is 18.8 Å². The molecule has 0 unspecified atom stereocenters. The van der Waals surface area contributed by atoms with E-state index in [1.165, 1.54) is 0 Å². The predicted octanol–water partition coefficient (Wildman–Crippen LogP) is 0.585. The fourth-order valence-electron chi connectivity index (χ4n) is 1.78. The van der Waals surface area contributed by atoms with E-state index in [4.69, 9.17) is 0 Å². The Morgan fingerprint density at radius 1 is 1.59 bits per heavy atom. The van der Waals surface area contributed by atoms with Gasteiger partial charge in [0.15, 0.2) is 0 Å². The highest BCUT2D eigenvalue weighted by Crippen LogP contribution is 2.10. The summed E-state index contributed by atoms with van der Waals surface area (Å²) < 4.78 is 0. The van der Waals surface area contributed by atoms with Crippen molar-refractivity contribution >= 4 is 6.03 Å². The van der Waals surface area contributed by atoms with Crippen LogP contribution < -0.4 is 10.6 Å². The van der Waals surface area contributed by atoms with E-state index in [1.54, 1.807) is 6.20 Å². The Morgan fingerprint density at radius 2 is 2.41 bits per heavy atom. The van der Waals surface area contributed by atoms with Crippen molar-refractivity contribution in [2.45, 2.75) is 19.5 Å². The standard InChI is InChI=1S/C12H18N4O/c1-2-14-12(17)16(11-7-13-8-11)9-10-5-3-4-6-15-10/h3-6,11,13H,2,7-9H2,1H3,(H,14,17). The number of nitrogens with one attached hydrogen (secondary N) is 2. The highest BCUT2D eigenvalue weighted by Gasteiger charge is 2.28. The lowest BCUT2D eigenvalue weighted by Crippen LogP contribution is -2.60. The van der Waals surface area contributed by atoms with Crippen LogP contribution >= 0.6 is 0 Å². The molecular weight excluding hydrogens is 216 g/mol. The number of urea groups is 1. The number of amides is 2. The molecular formula is C12H18N4O. The first-order valence-corrected chi connectivity index (χ1v) is 5.96. The summed E-state index contributed by atoms with van der Waals surface area (Å²) in [6.45, 7) is 4.88. The Hall–Kier alpha value is -1.62. The van der Waals surface area contributed by atoms with E-state index >= 15 is 0 Å². The molecule has 1 aromatic heterocycles. The zero-order chi connectivity index (χ0) is 12.1. The Kier molecular flexibility index (Phi) is 3.93. The van der Waals surface area contributed by atoms with Crippen molar-refractivity contribution in [3.63, 3.8) is 0 Å². The predicted molar refractivity (Wildman–Crippen MR) is 65.5 cm³/mol. The maximum Gasteiger partial charge on any atom is 0.318 e. The molecule has 0 radical (unpaired) electrons. The van der Waals surface area contributed by atoms with Crippen LogP contribution in [-0.2, 0) is 6.54 Å². The van der Waals surface area contributed by atoms with E-state index in [2.05, 4.69) is 15.6 Å². The zero-order valence-electron chi connectivity index (χ0n) is 10.0. The molecule has 1 aromatic rings. The zero-order valence-corrected chi connectivity index (χ0v) is 10.0. The van der Waals surface area contributed by atoms with Gasteiger partial charge in [-0.25, -0.2) is 4.79 Å². The second-order valence-corrected chi connectivity index (χ2v) is 4.10. The summed E-state index contributed by atoms with van der Waals surface area (Å²) in [5.74, 6) is 0. The van der Waals surface area contributed by atoms with E-state index in [-0.39, 0.29) is 12.1 Å². The second-order valence-electron chi connectivity index (χ2n) is 4.10. The number of hydrogen-bond acceptors (Lipinski definition) is 3. The van der Waals surface area contributed by atoms with Gasteiger partial charge in [0.25, 0.3) is 0 Å². The van der Waals surface area contributed by atoms with Crippen LogP contribution in [0.15, 0.2) is 24.4 Å². The van der Waals surface area contributed by atoms with Crippen molar-refractivity contribution in [2.75, 3.05) is 19.6 Å². The fourth-order valence-corrected chi connectivity index (χ4v) is 1.78. The van der Waals surface area contributed by atoms with E-state index < -0.39 is 0 Å². The largest absolute Gasteiger partial charge is 0.338 e. The summed E-state index contributed by atoms with van der Waals surface area (Å²) >= 11 is 0. The average Bonchev–Trinajstić information content (AvgIpc) is 2.27. The smallest absolute Gasteiger partial charge is 0.318 e. The van der Waals surface area contributed by atoms with Crippen LogP contribution in [0.2, 0.25) is 0 Å². The molecule has 92 valence electrons. The van der Waals surface area contributed by atoms with Gasteiger partial charge in [0.1, 0.15) is 0 Å². The monoisotopic (exact) mass is 234 g/mol. The molecule has 2 amide bonds. The van der Waals surface area contributed by atoms with Gasteiger partial charge in [-0.1, -0.05) is 6.07 Å². The first-order chi connectivity index (χ1) is 8.31. The lowest BCUT2D eigenvalue weighted by atomic mass is 10.1. The Morgan fingerprint density at radius 3 is 2.94 bits per heavy atom. The maximum absolute atomic E-state index is 11.9. The third-order valence-corrected chi connectivity index (χ3v) is 2.85. The average molecular weight is 234 g/mol. The molecule has 17 heavy (non-hydrogen) atoms. The lowest BCUT2D eigenvalue weighted by molar-refractivity contribution is 0.144. The molecule has 0 spiro atoms. The second kappa shape index (κ2) is 5.63. The molecule has 0 aliphatic carbocycles. The third-order valence-electron chi connectivity index (χ3n) is 2.85. The highest BCUT2D eigenvalue weighted by molar-refractivity contribution is 5.74. The van der Waals surface area contributed by atoms with Crippen molar-refractivity contribution < 1.29 is 4.79 Å². The van der Waals surface area contributed by atoms with Gasteiger partial charge in [-0.3, -0.25) is 4.98 Å². The quantitative estimate of drug-likeness (QED) is 0.801.